The number of amides is 2. The molecule has 150 valence electrons. The molecule has 2 aromatic rings. The number of carbonyl (C=O) groups excluding carboxylic acids is 1. The number of nitrogens with zero attached hydrogens (tertiary/aromatic N) is 2. The third kappa shape index (κ3) is 4.89. The zero-order chi connectivity index (χ0) is 20.1. The van der Waals surface area contributed by atoms with Crippen molar-refractivity contribution in [3.63, 3.8) is 0 Å². The van der Waals surface area contributed by atoms with E-state index in [0.29, 0.717) is 36.1 Å². The van der Waals surface area contributed by atoms with Crippen LogP contribution < -0.4 is 5.32 Å². The number of halogens is 2. The number of hydrogen-bond donors (Lipinski definition) is 1. The van der Waals surface area contributed by atoms with E-state index in [4.69, 9.17) is 0 Å². The first-order valence-corrected chi connectivity index (χ1v) is 11.1. The Balaban J connectivity index is 1.50. The largest absolute Gasteiger partial charge is 0.338 e. The van der Waals surface area contributed by atoms with Crippen molar-refractivity contribution in [2.75, 3.05) is 32.7 Å². The molecule has 6 nitrogen and oxygen atoms in total. The van der Waals surface area contributed by atoms with Crippen molar-refractivity contribution in [3.8, 4) is 0 Å². The van der Waals surface area contributed by atoms with E-state index >= 15 is 0 Å². The Labute approximate surface area is 172 Å². The van der Waals surface area contributed by atoms with Crippen molar-refractivity contribution in [1.29, 1.82) is 0 Å². The maximum Gasteiger partial charge on any atom is 0.317 e. The second-order valence-corrected chi connectivity index (χ2v) is 9.28. The fraction of sp³-hybridized carbons (Fsp3) is 0.316. The standard InChI is InChI=1S/C19H21BrFN3O3S/c20-16-5-3-6-17(14-16)28(26,27)24-12-10-23(11-13-24)19(25)22-9-8-15-4-1-2-7-18(15)21/h1-7,14H,8-13H2,(H,22,25). The minimum atomic E-state index is -3.59. The summed E-state index contributed by atoms with van der Waals surface area (Å²) in [6.07, 6.45) is 0.398. The van der Waals surface area contributed by atoms with Crippen LogP contribution in [0.4, 0.5) is 9.18 Å². The number of urea groups is 1. The second kappa shape index (κ2) is 9.02. The number of sulfonamides is 1. The molecule has 0 spiro atoms. The predicted molar refractivity (Wildman–Crippen MR) is 108 cm³/mol. The number of hydrogen-bond acceptors (Lipinski definition) is 3. The van der Waals surface area contributed by atoms with Gasteiger partial charge in [-0.3, -0.25) is 0 Å². The normalized spacial score (nSPS) is 15.4. The summed E-state index contributed by atoms with van der Waals surface area (Å²) < 4.78 is 41.1. The van der Waals surface area contributed by atoms with Crippen molar-refractivity contribution >= 4 is 32.0 Å². The minimum Gasteiger partial charge on any atom is -0.338 e. The molecular formula is C19H21BrFN3O3S. The average Bonchev–Trinajstić information content (AvgIpc) is 2.69. The molecule has 0 saturated carbocycles. The maximum absolute atomic E-state index is 13.6. The van der Waals surface area contributed by atoms with E-state index in [9.17, 15) is 17.6 Å². The Morgan fingerprint density at radius 3 is 2.46 bits per heavy atom. The molecule has 9 heteroatoms. The smallest absolute Gasteiger partial charge is 0.317 e. The molecule has 1 fully saturated rings. The molecular weight excluding hydrogens is 449 g/mol. The van der Waals surface area contributed by atoms with E-state index < -0.39 is 10.0 Å². The van der Waals surface area contributed by atoms with Gasteiger partial charge in [0.05, 0.1) is 4.90 Å². The molecule has 1 heterocycles. The highest BCUT2D eigenvalue weighted by Crippen LogP contribution is 2.21. The quantitative estimate of drug-likeness (QED) is 0.731. The fourth-order valence-corrected chi connectivity index (χ4v) is 5.04. The van der Waals surface area contributed by atoms with E-state index in [1.54, 1.807) is 47.4 Å². The lowest BCUT2D eigenvalue weighted by Crippen LogP contribution is -2.53. The van der Waals surface area contributed by atoms with E-state index in [-0.39, 0.29) is 29.8 Å². The van der Waals surface area contributed by atoms with E-state index in [0.717, 1.165) is 0 Å². The van der Waals surface area contributed by atoms with Crippen molar-refractivity contribution in [1.82, 2.24) is 14.5 Å². The lowest BCUT2D eigenvalue weighted by atomic mass is 10.1. The highest BCUT2D eigenvalue weighted by atomic mass is 79.9. The van der Waals surface area contributed by atoms with Gasteiger partial charge in [-0.25, -0.2) is 17.6 Å². The summed E-state index contributed by atoms with van der Waals surface area (Å²) in [7, 11) is -3.59. The zero-order valence-corrected chi connectivity index (χ0v) is 17.5. The molecule has 3 rings (SSSR count). The van der Waals surface area contributed by atoms with Gasteiger partial charge in [0.25, 0.3) is 0 Å². The van der Waals surface area contributed by atoms with Gasteiger partial charge in [0.2, 0.25) is 10.0 Å². The Morgan fingerprint density at radius 2 is 1.79 bits per heavy atom. The first-order valence-electron chi connectivity index (χ1n) is 8.90. The summed E-state index contributed by atoms with van der Waals surface area (Å²) in [5, 5.41) is 2.77. The van der Waals surface area contributed by atoms with Gasteiger partial charge in [0, 0.05) is 37.2 Å². The first kappa shape index (κ1) is 20.8. The zero-order valence-electron chi connectivity index (χ0n) is 15.1. The number of benzene rings is 2. The monoisotopic (exact) mass is 469 g/mol. The summed E-state index contributed by atoms with van der Waals surface area (Å²) in [5.41, 5.74) is 0.549. The Bertz CT molecular complexity index is 947. The van der Waals surface area contributed by atoms with Crippen LogP contribution in [0.5, 0.6) is 0 Å². The van der Waals surface area contributed by atoms with Gasteiger partial charge in [-0.05, 0) is 36.2 Å². The number of piperazine rings is 1. The van der Waals surface area contributed by atoms with Gasteiger partial charge >= 0.3 is 6.03 Å². The highest BCUT2D eigenvalue weighted by Gasteiger charge is 2.30. The molecule has 1 aliphatic heterocycles. The molecule has 2 aromatic carbocycles. The molecule has 0 unspecified atom stereocenters. The third-order valence-corrected chi connectivity index (χ3v) is 6.98. The molecule has 1 aliphatic rings. The minimum absolute atomic E-state index is 0.227. The maximum atomic E-state index is 13.6. The Hall–Kier alpha value is -1.97. The van der Waals surface area contributed by atoms with Gasteiger partial charge < -0.3 is 10.2 Å². The average molecular weight is 470 g/mol. The third-order valence-electron chi connectivity index (χ3n) is 4.59. The van der Waals surface area contributed by atoms with Gasteiger partial charge in [0.15, 0.2) is 0 Å². The molecule has 0 atom stereocenters. The van der Waals surface area contributed by atoms with E-state index in [2.05, 4.69) is 21.2 Å². The van der Waals surface area contributed by atoms with Crippen LogP contribution in [0.1, 0.15) is 5.56 Å². The molecule has 1 saturated heterocycles. The number of carbonyl (C=O) groups is 1. The number of rotatable bonds is 5. The summed E-state index contributed by atoms with van der Waals surface area (Å²) in [4.78, 5) is 14.1. The van der Waals surface area contributed by atoms with Crippen LogP contribution in [0, 0.1) is 5.82 Å². The molecule has 1 N–H and O–H groups in total. The van der Waals surface area contributed by atoms with E-state index in [1.807, 2.05) is 0 Å². The molecule has 0 aliphatic carbocycles. The number of nitrogens with one attached hydrogen (secondary N) is 1. The lowest BCUT2D eigenvalue weighted by molar-refractivity contribution is 0.172. The molecule has 0 aromatic heterocycles. The van der Waals surface area contributed by atoms with Crippen LogP contribution >= 0.6 is 15.9 Å². The summed E-state index contributed by atoms with van der Waals surface area (Å²) in [5.74, 6) is -0.289. The molecule has 2 amide bonds. The fourth-order valence-electron chi connectivity index (χ4n) is 3.03. The topological polar surface area (TPSA) is 69.7 Å². The molecule has 0 bridgehead atoms. The summed E-state index contributed by atoms with van der Waals surface area (Å²) in [6.45, 7) is 1.39. The van der Waals surface area contributed by atoms with Crippen LogP contribution in [0.2, 0.25) is 0 Å². The first-order chi connectivity index (χ1) is 13.4. The molecule has 0 radical (unpaired) electrons. The van der Waals surface area contributed by atoms with Crippen LogP contribution in [0.25, 0.3) is 0 Å². The summed E-state index contributed by atoms with van der Waals surface area (Å²) in [6, 6.07) is 12.8. The summed E-state index contributed by atoms with van der Waals surface area (Å²) >= 11 is 3.28. The van der Waals surface area contributed by atoms with Crippen LogP contribution in [-0.4, -0.2) is 56.4 Å². The van der Waals surface area contributed by atoms with Crippen LogP contribution in [0.15, 0.2) is 57.9 Å². The lowest BCUT2D eigenvalue weighted by Gasteiger charge is -2.34. The van der Waals surface area contributed by atoms with E-state index in [1.165, 1.54) is 10.4 Å². The van der Waals surface area contributed by atoms with Crippen LogP contribution in [0.3, 0.4) is 0 Å². The van der Waals surface area contributed by atoms with Crippen molar-refractivity contribution < 1.29 is 17.6 Å². The predicted octanol–water partition coefficient (Wildman–Crippen LogP) is 2.85. The van der Waals surface area contributed by atoms with Crippen molar-refractivity contribution in [2.45, 2.75) is 11.3 Å². The van der Waals surface area contributed by atoms with Crippen LogP contribution in [-0.2, 0) is 16.4 Å². The Kier molecular flexibility index (Phi) is 6.69. The van der Waals surface area contributed by atoms with Gasteiger partial charge in [0.1, 0.15) is 5.82 Å². The SMILES string of the molecule is O=C(NCCc1ccccc1F)N1CCN(S(=O)(=O)c2cccc(Br)c2)CC1. The highest BCUT2D eigenvalue weighted by molar-refractivity contribution is 9.10. The van der Waals surface area contributed by atoms with Gasteiger partial charge in [-0.1, -0.05) is 40.2 Å². The van der Waals surface area contributed by atoms with Crippen molar-refractivity contribution in [2.24, 2.45) is 0 Å². The second-order valence-electron chi connectivity index (χ2n) is 6.42. The van der Waals surface area contributed by atoms with Crippen molar-refractivity contribution in [3.05, 3.63) is 64.4 Å². The molecule has 28 heavy (non-hydrogen) atoms. The van der Waals surface area contributed by atoms with Gasteiger partial charge in [-0.15, -0.1) is 0 Å². The Morgan fingerprint density at radius 1 is 1.07 bits per heavy atom. The van der Waals surface area contributed by atoms with Gasteiger partial charge in [-0.2, -0.15) is 4.31 Å².